The van der Waals surface area contributed by atoms with E-state index in [9.17, 15) is 9.90 Å². The molecule has 0 bridgehead atoms. The van der Waals surface area contributed by atoms with Crippen LogP contribution < -0.4 is 5.32 Å². The van der Waals surface area contributed by atoms with Gasteiger partial charge in [-0.05, 0) is 17.2 Å². The van der Waals surface area contributed by atoms with Gasteiger partial charge >= 0.3 is 0 Å². The number of rotatable bonds is 2. The van der Waals surface area contributed by atoms with E-state index in [2.05, 4.69) is 10.3 Å². The molecule has 2 aromatic rings. The van der Waals surface area contributed by atoms with E-state index in [1.165, 1.54) is 12.3 Å². The minimum Gasteiger partial charge on any atom is -0.390 e. The first kappa shape index (κ1) is 12.5. The van der Waals surface area contributed by atoms with E-state index < -0.39 is 12.1 Å². The summed E-state index contributed by atoms with van der Waals surface area (Å²) in [6.45, 7) is 0. The van der Waals surface area contributed by atoms with Crippen molar-refractivity contribution in [3.63, 3.8) is 0 Å². The fraction of sp³-hybridized carbons (Fsp3) is 0.200. The highest BCUT2D eigenvalue weighted by atomic mass is 16.3. The molecule has 5 heteroatoms. The highest BCUT2D eigenvalue weighted by Crippen LogP contribution is 2.31. The minimum atomic E-state index is -0.623. The molecule has 3 rings (SSSR count). The fourth-order valence-corrected chi connectivity index (χ4v) is 2.56. The van der Waals surface area contributed by atoms with Crippen molar-refractivity contribution in [2.45, 2.75) is 18.6 Å². The highest BCUT2D eigenvalue weighted by Gasteiger charge is 2.32. The van der Waals surface area contributed by atoms with Crippen LogP contribution in [0.2, 0.25) is 0 Å². The summed E-state index contributed by atoms with van der Waals surface area (Å²) in [7, 11) is 0. The molecule has 2 atom stereocenters. The van der Waals surface area contributed by atoms with E-state index in [0.29, 0.717) is 17.7 Å². The van der Waals surface area contributed by atoms with Gasteiger partial charge in [0.15, 0.2) is 0 Å². The molecule has 1 aliphatic carbocycles. The molecule has 0 saturated carbocycles. The SMILES string of the molecule is N#Cc1c[nH]c(C(=O)NC2c3ccccc3CC2O)c1. The van der Waals surface area contributed by atoms with Crippen LogP contribution in [0.25, 0.3) is 0 Å². The smallest absolute Gasteiger partial charge is 0.268 e. The van der Waals surface area contributed by atoms with Gasteiger partial charge in [0.2, 0.25) is 0 Å². The van der Waals surface area contributed by atoms with Crippen LogP contribution in [-0.2, 0) is 6.42 Å². The number of carbonyl (C=O) groups excluding carboxylic acids is 1. The van der Waals surface area contributed by atoms with Crippen LogP contribution in [0.15, 0.2) is 36.5 Å². The van der Waals surface area contributed by atoms with Crippen molar-refractivity contribution in [1.29, 1.82) is 5.26 Å². The number of nitrogens with zero attached hydrogens (tertiary/aromatic N) is 1. The number of nitriles is 1. The number of fused-ring (bicyclic) bond motifs is 1. The predicted molar refractivity (Wildman–Crippen MR) is 71.9 cm³/mol. The molecule has 0 spiro atoms. The number of nitrogens with one attached hydrogen (secondary N) is 2. The summed E-state index contributed by atoms with van der Waals surface area (Å²) in [5.74, 6) is -0.327. The third kappa shape index (κ3) is 2.06. The van der Waals surface area contributed by atoms with E-state index in [1.54, 1.807) is 0 Å². The Bertz CT molecular complexity index is 699. The topological polar surface area (TPSA) is 88.9 Å². The molecule has 0 aliphatic heterocycles. The van der Waals surface area contributed by atoms with Crippen molar-refractivity contribution in [2.24, 2.45) is 0 Å². The molecule has 1 aromatic carbocycles. The number of benzene rings is 1. The molecule has 0 radical (unpaired) electrons. The van der Waals surface area contributed by atoms with Gasteiger partial charge in [-0.1, -0.05) is 24.3 Å². The Labute approximate surface area is 115 Å². The molecule has 0 saturated heterocycles. The quantitative estimate of drug-likeness (QED) is 0.765. The molecule has 100 valence electrons. The van der Waals surface area contributed by atoms with Crippen LogP contribution in [0, 0.1) is 11.3 Å². The van der Waals surface area contributed by atoms with Gasteiger partial charge in [-0.3, -0.25) is 4.79 Å². The fourth-order valence-electron chi connectivity index (χ4n) is 2.56. The average molecular weight is 267 g/mol. The van der Waals surface area contributed by atoms with E-state index in [-0.39, 0.29) is 5.91 Å². The van der Waals surface area contributed by atoms with Gasteiger partial charge < -0.3 is 15.4 Å². The van der Waals surface area contributed by atoms with Crippen molar-refractivity contribution in [2.75, 3.05) is 0 Å². The molecule has 1 heterocycles. The molecule has 1 aliphatic rings. The Morgan fingerprint density at radius 3 is 3.00 bits per heavy atom. The maximum atomic E-state index is 12.1. The first-order valence-corrected chi connectivity index (χ1v) is 6.34. The summed E-state index contributed by atoms with van der Waals surface area (Å²) in [6, 6.07) is 10.7. The Morgan fingerprint density at radius 1 is 1.45 bits per heavy atom. The summed E-state index contributed by atoms with van der Waals surface area (Å²) < 4.78 is 0. The van der Waals surface area contributed by atoms with Crippen molar-refractivity contribution in [3.8, 4) is 6.07 Å². The molecule has 2 unspecified atom stereocenters. The number of hydrogen-bond donors (Lipinski definition) is 3. The normalized spacial score (nSPS) is 20.2. The molecule has 0 fully saturated rings. The lowest BCUT2D eigenvalue weighted by Gasteiger charge is -2.17. The largest absolute Gasteiger partial charge is 0.390 e. The first-order valence-electron chi connectivity index (χ1n) is 6.34. The van der Waals surface area contributed by atoms with Crippen LogP contribution in [0.5, 0.6) is 0 Å². The summed E-state index contributed by atoms with van der Waals surface area (Å²) in [4.78, 5) is 14.9. The Morgan fingerprint density at radius 2 is 2.25 bits per heavy atom. The third-order valence-electron chi connectivity index (χ3n) is 3.55. The second-order valence-electron chi connectivity index (χ2n) is 4.84. The molecule has 1 amide bonds. The number of aromatic amines is 1. The average Bonchev–Trinajstić information content (AvgIpc) is 3.04. The summed E-state index contributed by atoms with van der Waals surface area (Å²) in [5, 5.41) is 21.6. The van der Waals surface area contributed by atoms with Crippen LogP contribution in [0.1, 0.15) is 33.2 Å². The lowest BCUT2D eigenvalue weighted by atomic mass is 10.1. The molecule has 20 heavy (non-hydrogen) atoms. The lowest BCUT2D eigenvalue weighted by Crippen LogP contribution is -2.34. The maximum Gasteiger partial charge on any atom is 0.268 e. The van der Waals surface area contributed by atoms with Crippen LogP contribution >= 0.6 is 0 Å². The van der Waals surface area contributed by atoms with Crippen molar-refractivity contribution < 1.29 is 9.90 Å². The van der Waals surface area contributed by atoms with Crippen LogP contribution in [0.3, 0.4) is 0 Å². The first-order chi connectivity index (χ1) is 9.69. The van der Waals surface area contributed by atoms with Gasteiger partial charge in [-0.2, -0.15) is 5.26 Å². The standard InChI is InChI=1S/C15H13N3O2/c16-7-9-5-12(17-8-9)15(20)18-14-11-4-2-1-3-10(11)6-13(14)19/h1-5,8,13-14,17,19H,6H2,(H,18,20). The summed E-state index contributed by atoms with van der Waals surface area (Å²) >= 11 is 0. The molecular formula is C15H13N3O2. The molecule has 5 nitrogen and oxygen atoms in total. The number of aliphatic hydroxyl groups is 1. The van der Waals surface area contributed by atoms with Gasteiger partial charge in [0.1, 0.15) is 11.8 Å². The number of carbonyl (C=O) groups is 1. The van der Waals surface area contributed by atoms with E-state index in [1.807, 2.05) is 30.3 Å². The zero-order valence-corrected chi connectivity index (χ0v) is 10.6. The number of aromatic nitrogens is 1. The van der Waals surface area contributed by atoms with Gasteiger partial charge in [0.05, 0.1) is 17.7 Å². The molecule has 3 N–H and O–H groups in total. The van der Waals surface area contributed by atoms with Gasteiger partial charge in [0, 0.05) is 12.6 Å². The monoisotopic (exact) mass is 267 g/mol. The van der Waals surface area contributed by atoms with E-state index in [4.69, 9.17) is 5.26 Å². The molecular weight excluding hydrogens is 254 g/mol. The number of H-pyrrole nitrogens is 1. The van der Waals surface area contributed by atoms with E-state index in [0.717, 1.165) is 11.1 Å². The van der Waals surface area contributed by atoms with Crippen molar-refractivity contribution >= 4 is 5.91 Å². The van der Waals surface area contributed by atoms with Crippen LogP contribution in [0.4, 0.5) is 0 Å². The summed E-state index contributed by atoms with van der Waals surface area (Å²) in [5.41, 5.74) is 2.72. The third-order valence-corrected chi connectivity index (χ3v) is 3.55. The van der Waals surface area contributed by atoms with Gasteiger partial charge in [-0.15, -0.1) is 0 Å². The number of amides is 1. The predicted octanol–water partition coefficient (Wildman–Crippen LogP) is 1.27. The minimum absolute atomic E-state index is 0.318. The maximum absolute atomic E-state index is 12.1. The highest BCUT2D eigenvalue weighted by molar-refractivity contribution is 5.93. The zero-order chi connectivity index (χ0) is 14.1. The second kappa shape index (κ2) is 4.83. The Hall–Kier alpha value is -2.58. The van der Waals surface area contributed by atoms with Crippen molar-refractivity contribution in [1.82, 2.24) is 10.3 Å². The van der Waals surface area contributed by atoms with Crippen LogP contribution in [-0.4, -0.2) is 22.1 Å². The Balaban J connectivity index is 1.81. The Kier molecular flexibility index (Phi) is 3.01. The van der Waals surface area contributed by atoms with Gasteiger partial charge in [-0.25, -0.2) is 0 Å². The zero-order valence-electron chi connectivity index (χ0n) is 10.6. The number of aliphatic hydroxyl groups excluding tert-OH is 1. The number of hydrogen-bond acceptors (Lipinski definition) is 3. The lowest BCUT2D eigenvalue weighted by molar-refractivity contribution is 0.0854. The van der Waals surface area contributed by atoms with Gasteiger partial charge in [0.25, 0.3) is 5.91 Å². The summed E-state index contributed by atoms with van der Waals surface area (Å²) in [6.07, 6.45) is 1.39. The van der Waals surface area contributed by atoms with E-state index >= 15 is 0 Å². The van der Waals surface area contributed by atoms with Crippen molar-refractivity contribution in [3.05, 3.63) is 58.9 Å². The second-order valence-corrected chi connectivity index (χ2v) is 4.84. The molecule has 1 aromatic heterocycles.